The molecule has 3 rings (SSSR count). The summed E-state index contributed by atoms with van der Waals surface area (Å²) in [6, 6.07) is 0.602. The van der Waals surface area contributed by atoms with Crippen LogP contribution in [0.1, 0.15) is 37.3 Å². The topological polar surface area (TPSA) is 77.2 Å². The van der Waals surface area contributed by atoms with Gasteiger partial charge in [-0.2, -0.15) is 13.2 Å². The van der Waals surface area contributed by atoms with Gasteiger partial charge < -0.3 is 15.1 Å². The Hall–Kier alpha value is -1.68. The Morgan fingerprint density at radius 1 is 1.19 bits per heavy atom. The van der Waals surface area contributed by atoms with Crippen LogP contribution in [0.3, 0.4) is 0 Å². The number of nitrogens with one attached hydrogen (secondary N) is 2. The van der Waals surface area contributed by atoms with E-state index in [4.69, 9.17) is 0 Å². The van der Waals surface area contributed by atoms with Crippen LogP contribution in [0.25, 0.3) is 0 Å². The SMILES string of the molecule is CN1CCC(N2CCC(C(=O)NCc3nc(C(F)(F)F)n[nH]3)CC2)CC1. The molecule has 7 nitrogen and oxygen atoms in total. The average Bonchev–Trinajstić information content (AvgIpc) is 3.10. The predicted octanol–water partition coefficient (Wildman–Crippen LogP) is 1.25. The summed E-state index contributed by atoms with van der Waals surface area (Å²) in [6.07, 6.45) is -0.689. The highest BCUT2D eigenvalue weighted by molar-refractivity contribution is 5.78. The third kappa shape index (κ3) is 4.73. The number of alkyl halides is 3. The second-order valence-corrected chi connectivity index (χ2v) is 7.17. The van der Waals surface area contributed by atoms with E-state index in [1.807, 2.05) is 0 Å². The quantitative estimate of drug-likeness (QED) is 0.829. The van der Waals surface area contributed by atoms with Crippen molar-refractivity contribution in [1.82, 2.24) is 30.3 Å². The molecule has 1 aromatic heterocycles. The Morgan fingerprint density at radius 3 is 2.42 bits per heavy atom. The van der Waals surface area contributed by atoms with E-state index in [1.54, 1.807) is 0 Å². The summed E-state index contributed by atoms with van der Waals surface area (Å²) < 4.78 is 37.4. The predicted molar refractivity (Wildman–Crippen MR) is 88.0 cm³/mol. The van der Waals surface area contributed by atoms with Crippen molar-refractivity contribution in [2.24, 2.45) is 5.92 Å². The van der Waals surface area contributed by atoms with Crippen molar-refractivity contribution in [2.45, 2.75) is 44.4 Å². The minimum absolute atomic E-state index is 0.00874. The molecule has 146 valence electrons. The summed E-state index contributed by atoms with van der Waals surface area (Å²) in [5.41, 5.74) is 0. The summed E-state index contributed by atoms with van der Waals surface area (Å²) in [5, 5.41) is 8.01. The van der Waals surface area contributed by atoms with Gasteiger partial charge in [-0.05, 0) is 58.9 Å². The van der Waals surface area contributed by atoms with Gasteiger partial charge in [0, 0.05) is 12.0 Å². The van der Waals surface area contributed by atoms with Crippen LogP contribution in [0.4, 0.5) is 13.2 Å². The zero-order valence-electron chi connectivity index (χ0n) is 14.8. The summed E-state index contributed by atoms with van der Waals surface area (Å²) in [6.45, 7) is 3.95. The highest BCUT2D eigenvalue weighted by atomic mass is 19.4. The van der Waals surface area contributed by atoms with Crippen molar-refractivity contribution in [1.29, 1.82) is 0 Å². The summed E-state index contributed by atoms with van der Waals surface area (Å²) in [7, 11) is 2.14. The number of nitrogens with zero attached hydrogens (tertiary/aromatic N) is 4. The Kier molecular flexibility index (Phi) is 5.81. The maximum atomic E-state index is 12.5. The molecule has 0 unspecified atom stereocenters. The van der Waals surface area contributed by atoms with Crippen molar-refractivity contribution in [3.05, 3.63) is 11.6 Å². The molecular weight excluding hydrogens is 349 g/mol. The molecule has 2 saturated heterocycles. The van der Waals surface area contributed by atoms with Gasteiger partial charge >= 0.3 is 6.18 Å². The number of rotatable bonds is 4. The fraction of sp³-hybridized carbons (Fsp3) is 0.812. The lowest BCUT2D eigenvalue weighted by atomic mass is 9.93. The first-order chi connectivity index (χ1) is 12.3. The van der Waals surface area contributed by atoms with Gasteiger partial charge in [-0.25, -0.2) is 4.98 Å². The molecule has 3 heterocycles. The molecule has 2 N–H and O–H groups in total. The average molecular weight is 374 g/mol. The lowest BCUT2D eigenvalue weighted by Crippen LogP contribution is -2.48. The summed E-state index contributed by atoms with van der Waals surface area (Å²) >= 11 is 0. The number of halogens is 3. The number of aromatic amines is 1. The van der Waals surface area contributed by atoms with Gasteiger partial charge in [-0.3, -0.25) is 9.89 Å². The van der Waals surface area contributed by atoms with Crippen LogP contribution in [-0.4, -0.2) is 70.2 Å². The number of amides is 1. The van der Waals surface area contributed by atoms with E-state index in [1.165, 1.54) is 12.8 Å². The molecular formula is C16H25F3N6O. The van der Waals surface area contributed by atoms with Crippen molar-refractivity contribution in [2.75, 3.05) is 33.2 Å². The first-order valence-corrected chi connectivity index (χ1v) is 9.01. The summed E-state index contributed by atoms with van der Waals surface area (Å²) in [4.78, 5) is 20.5. The minimum Gasteiger partial charge on any atom is -0.349 e. The maximum absolute atomic E-state index is 12.5. The number of hydrogen-bond acceptors (Lipinski definition) is 5. The maximum Gasteiger partial charge on any atom is 0.453 e. The van der Waals surface area contributed by atoms with E-state index in [-0.39, 0.29) is 24.2 Å². The molecule has 0 atom stereocenters. The van der Waals surface area contributed by atoms with Crippen LogP contribution in [0.2, 0.25) is 0 Å². The van der Waals surface area contributed by atoms with E-state index in [0.717, 1.165) is 39.0 Å². The van der Waals surface area contributed by atoms with Gasteiger partial charge in [0.05, 0.1) is 6.54 Å². The number of likely N-dealkylation sites (tertiary alicyclic amines) is 2. The molecule has 2 aliphatic rings. The number of H-pyrrole nitrogens is 1. The van der Waals surface area contributed by atoms with Crippen LogP contribution in [0.5, 0.6) is 0 Å². The zero-order chi connectivity index (χ0) is 18.7. The number of carbonyl (C=O) groups excluding carboxylic acids is 1. The van der Waals surface area contributed by atoms with Crippen molar-refractivity contribution in [3.63, 3.8) is 0 Å². The Morgan fingerprint density at radius 2 is 1.85 bits per heavy atom. The number of piperidine rings is 2. The highest BCUT2D eigenvalue weighted by Crippen LogP contribution is 2.26. The fourth-order valence-corrected chi connectivity index (χ4v) is 3.70. The Labute approximate surface area is 150 Å². The van der Waals surface area contributed by atoms with Crippen molar-refractivity contribution >= 4 is 5.91 Å². The standard InChI is InChI=1S/C16H25F3N6O/c1-24-6-4-12(5-7-24)25-8-2-11(3-9-25)14(26)20-10-13-21-15(23-22-13)16(17,18)19/h11-12H,2-10H2,1H3,(H,20,26)(H,21,22,23). The molecule has 26 heavy (non-hydrogen) atoms. The smallest absolute Gasteiger partial charge is 0.349 e. The van der Waals surface area contributed by atoms with Crippen LogP contribution < -0.4 is 5.32 Å². The molecule has 2 aliphatic heterocycles. The molecule has 0 saturated carbocycles. The summed E-state index contributed by atoms with van der Waals surface area (Å²) in [5.74, 6) is -1.43. The van der Waals surface area contributed by atoms with E-state index in [0.29, 0.717) is 6.04 Å². The number of aromatic nitrogens is 3. The van der Waals surface area contributed by atoms with Gasteiger partial charge in [-0.1, -0.05) is 0 Å². The molecule has 0 aromatic carbocycles. The van der Waals surface area contributed by atoms with Gasteiger partial charge in [0.15, 0.2) is 0 Å². The molecule has 1 amide bonds. The van der Waals surface area contributed by atoms with Gasteiger partial charge in [0.25, 0.3) is 5.82 Å². The van der Waals surface area contributed by atoms with Crippen LogP contribution in [0.15, 0.2) is 0 Å². The van der Waals surface area contributed by atoms with Crippen LogP contribution in [-0.2, 0) is 17.5 Å². The first-order valence-electron chi connectivity index (χ1n) is 9.01. The number of carbonyl (C=O) groups is 1. The molecule has 2 fully saturated rings. The molecule has 0 spiro atoms. The highest BCUT2D eigenvalue weighted by Gasteiger charge is 2.36. The van der Waals surface area contributed by atoms with Gasteiger partial charge in [-0.15, -0.1) is 5.10 Å². The molecule has 0 radical (unpaired) electrons. The van der Waals surface area contributed by atoms with E-state index in [2.05, 4.69) is 37.3 Å². The molecule has 1 aromatic rings. The largest absolute Gasteiger partial charge is 0.453 e. The minimum atomic E-state index is -4.58. The number of hydrogen-bond donors (Lipinski definition) is 2. The Bertz CT molecular complexity index is 603. The zero-order valence-corrected chi connectivity index (χ0v) is 14.8. The molecule has 10 heteroatoms. The normalized spacial score (nSPS) is 21.8. The third-order valence-corrected chi connectivity index (χ3v) is 5.32. The lowest BCUT2D eigenvalue weighted by molar-refractivity contribution is -0.144. The second kappa shape index (κ2) is 7.91. The molecule has 0 aliphatic carbocycles. The van der Waals surface area contributed by atoms with E-state index in [9.17, 15) is 18.0 Å². The lowest BCUT2D eigenvalue weighted by Gasteiger charge is -2.40. The monoisotopic (exact) mass is 374 g/mol. The molecule has 0 bridgehead atoms. The van der Waals surface area contributed by atoms with Gasteiger partial charge in [0.1, 0.15) is 5.82 Å². The van der Waals surface area contributed by atoms with Crippen LogP contribution in [0, 0.1) is 5.92 Å². The van der Waals surface area contributed by atoms with Crippen molar-refractivity contribution < 1.29 is 18.0 Å². The fourth-order valence-electron chi connectivity index (χ4n) is 3.70. The first kappa shape index (κ1) is 19.1. The van der Waals surface area contributed by atoms with Crippen LogP contribution >= 0.6 is 0 Å². The van der Waals surface area contributed by atoms with E-state index < -0.39 is 12.0 Å². The van der Waals surface area contributed by atoms with Crippen molar-refractivity contribution in [3.8, 4) is 0 Å². The van der Waals surface area contributed by atoms with E-state index >= 15 is 0 Å². The van der Waals surface area contributed by atoms with Gasteiger partial charge in [0.2, 0.25) is 5.91 Å². The third-order valence-electron chi connectivity index (χ3n) is 5.32. The Balaban J connectivity index is 1.42. The second-order valence-electron chi connectivity index (χ2n) is 7.17.